The van der Waals surface area contributed by atoms with Gasteiger partial charge in [0.2, 0.25) is 0 Å². The summed E-state index contributed by atoms with van der Waals surface area (Å²) >= 11 is 4.79. The second-order valence-corrected chi connectivity index (χ2v) is 5.21. The SMILES string of the molecule is [CH2]CN(C)CC1(S)CCN(C)CC1. The molecule has 0 aromatic carbocycles. The van der Waals surface area contributed by atoms with Crippen molar-refractivity contribution >= 4 is 12.6 Å². The van der Waals surface area contributed by atoms with Gasteiger partial charge in [-0.25, -0.2) is 0 Å². The molecule has 1 rings (SSSR count). The lowest BCUT2D eigenvalue weighted by molar-refractivity contribution is 0.205. The zero-order chi connectivity index (χ0) is 9.90. The van der Waals surface area contributed by atoms with Crippen LogP contribution in [0.5, 0.6) is 0 Å². The summed E-state index contributed by atoms with van der Waals surface area (Å²) in [4.78, 5) is 4.62. The highest BCUT2D eigenvalue weighted by Crippen LogP contribution is 2.28. The van der Waals surface area contributed by atoms with Crippen molar-refractivity contribution in [1.29, 1.82) is 0 Å². The molecule has 1 radical (unpaired) electrons. The number of hydrogen-bond acceptors (Lipinski definition) is 3. The van der Waals surface area contributed by atoms with Crippen LogP contribution in [0.4, 0.5) is 0 Å². The first-order valence-corrected chi connectivity index (χ1v) is 5.39. The molecule has 13 heavy (non-hydrogen) atoms. The summed E-state index contributed by atoms with van der Waals surface area (Å²) in [5, 5.41) is 0. The Hall–Kier alpha value is 0.270. The predicted molar refractivity (Wildman–Crippen MR) is 61.3 cm³/mol. The zero-order valence-electron chi connectivity index (χ0n) is 8.79. The molecule has 77 valence electrons. The van der Waals surface area contributed by atoms with E-state index >= 15 is 0 Å². The Labute approximate surface area is 87.7 Å². The minimum Gasteiger partial charge on any atom is -0.306 e. The van der Waals surface area contributed by atoms with Gasteiger partial charge < -0.3 is 9.80 Å². The Morgan fingerprint density at radius 1 is 1.46 bits per heavy atom. The van der Waals surface area contributed by atoms with Crippen molar-refractivity contribution in [2.45, 2.75) is 17.6 Å². The summed E-state index contributed by atoms with van der Waals surface area (Å²) in [5.74, 6) is 0. The molecule has 0 saturated carbocycles. The highest BCUT2D eigenvalue weighted by molar-refractivity contribution is 7.81. The highest BCUT2D eigenvalue weighted by atomic mass is 32.1. The first-order valence-electron chi connectivity index (χ1n) is 4.94. The van der Waals surface area contributed by atoms with Gasteiger partial charge in [0.15, 0.2) is 0 Å². The first kappa shape index (κ1) is 11.3. The van der Waals surface area contributed by atoms with Crippen LogP contribution in [0.1, 0.15) is 12.8 Å². The van der Waals surface area contributed by atoms with Crippen molar-refractivity contribution in [2.75, 3.05) is 40.3 Å². The maximum Gasteiger partial charge on any atom is 0.0281 e. The van der Waals surface area contributed by atoms with Crippen LogP contribution in [0.25, 0.3) is 0 Å². The molecule has 0 aromatic rings. The van der Waals surface area contributed by atoms with Crippen molar-refractivity contribution in [2.24, 2.45) is 0 Å². The molecule has 2 nitrogen and oxygen atoms in total. The fraction of sp³-hybridized carbons (Fsp3) is 0.900. The maximum absolute atomic E-state index is 4.79. The van der Waals surface area contributed by atoms with E-state index in [2.05, 4.69) is 30.8 Å². The van der Waals surface area contributed by atoms with Gasteiger partial charge in [-0.2, -0.15) is 12.6 Å². The summed E-state index contributed by atoms with van der Waals surface area (Å²) < 4.78 is 0.221. The molecule has 1 heterocycles. The topological polar surface area (TPSA) is 6.48 Å². The summed E-state index contributed by atoms with van der Waals surface area (Å²) in [6, 6.07) is 0. The van der Waals surface area contributed by atoms with Crippen molar-refractivity contribution in [1.82, 2.24) is 9.80 Å². The number of hydrogen-bond donors (Lipinski definition) is 1. The van der Waals surface area contributed by atoms with Gasteiger partial charge in [-0.3, -0.25) is 0 Å². The normalized spacial score (nSPS) is 23.8. The molecule has 0 aromatic heterocycles. The van der Waals surface area contributed by atoms with Gasteiger partial charge in [0, 0.05) is 11.3 Å². The summed E-state index contributed by atoms with van der Waals surface area (Å²) in [6.07, 6.45) is 2.38. The average Bonchev–Trinajstić information content (AvgIpc) is 2.10. The third kappa shape index (κ3) is 3.49. The largest absolute Gasteiger partial charge is 0.306 e. The molecule has 0 aliphatic carbocycles. The molecule has 0 N–H and O–H groups in total. The lowest BCUT2D eigenvalue weighted by Crippen LogP contribution is -2.45. The monoisotopic (exact) mass is 201 g/mol. The van der Waals surface area contributed by atoms with Gasteiger partial charge in [-0.15, -0.1) is 0 Å². The molecule has 1 aliphatic rings. The summed E-state index contributed by atoms with van der Waals surface area (Å²) in [5.41, 5.74) is 0. The number of nitrogens with zero attached hydrogens (tertiary/aromatic N) is 2. The maximum atomic E-state index is 4.79. The van der Waals surface area contributed by atoms with Crippen LogP contribution < -0.4 is 0 Å². The van der Waals surface area contributed by atoms with E-state index in [0.29, 0.717) is 0 Å². The fourth-order valence-electron chi connectivity index (χ4n) is 1.77. The summed E-state index contributed by atoms with van der Waals surface area (Å²) in [7, 11) is 4.29. The smallest absolute Gasteiger partial charge is 0.0281 e. The molecule has 1 saturated heterocycles. The Morgan fingerprint density at radius 2 is 2.00 bits per heavy atom. The van der Waals surface area contributed by atoms with Crippen molar-refractivity contribution < 1.29 is 0 Å². The van der Waals surface area contributed by atoms with Crippen LogP contribution in [0, 0.1) is 6.92 Å². The molecule has 0 bridgehead atoms. The number of rotatable bonds is 3. The molecule has 0 spiro atoms. The van der Waals surface area contributed by atoms with Gasteiger partial charge in [0.25, 0.3) is 0 Å². The van der Waals surface area contributed by atoms with Crippen LogP contribution in [-0.2, 0) is 0 Å². The standard InChI is InChI=1S/C10H21N2S/c1-4-11(2)9-10(13)5-7-12(3)8-6-10/h13H,1,4-9H2,2-3H3. The third-order valence-corrected chi connectivity index (χ3v) is 3.45. The Morgan fingerprint density at radius 3 is 2.46 bits per heavy atom. The van der Waals surface area contributed by atoms with E-state index in [1.807, 2.05) is 0 Å². The predicted octanol–water partition coefficient (Wildman–Crippen LogP) is 1.15. The second-order valence-electron chi connectivity index (χ2n) is 4.27. The van der Waals surface area contributed by atoms with E-state index < -0.39 is 0 Å². The Bertz CT molecular complexity index is 153. The van der Waals surface area contributed by atoms with E-state index in [9.17, 15) is 0 Å². The zero-order valence-corrected chi connectivity index (χ0v) is 9.69. The van der Waals surface area contributed by atoms with Crippen LogP contribution in [0.2, 0.25) is 0 Å². The molecular weight excluding hydrogens is 180 g/mol. The minimum absolute atomic E-state index is 0.221. The highest BCUT2D eigenvalue weighted by Gasteiger charge is 2.30. The second kappa shape index (κ2) is 4.67. The van der Waals surface area contributed by atoms with Crippen molar-refractivity contribution in [3.05, 3.63) is 6.92 Å². The lowest BCUT2D eigenvalue weighted by atomic mass is 9.95. The van der Waals surface area contributed by atoms with E-state index in [4.69, 9.17) is 12.6 Å². The number of piperidine rings is 1. The molecule has 3 heteroatoms. The van der Waals surface area contributed by atoms with Gasteiger partial charge in [-0.05, 0) is 53.5 Å². The number of thiol groups is 1. The van der Waals surface area contributed by atoms with Crippen LogP contribution >= 0.6 is 12.6 Å². The van der Waals surface area contributed by atoms with Crippen LogP contribution in [0.3, 0.4) is 0 Å². The van der Waals surface area contributed by atoms with E-state index in [-0.39, 0.29) is 4.75 Å². The molecule has 0 unspecified atom stereocenters. The Balaban J connectivity index is 2.38. The lowest BCUT2D eigenvalue weighted by Gasteiger charge is -2.39. The fourth-order valence-corrected chi connectivity index (χ4v) is 2.22. The van der Waals surface area contributed by atoms with E-state index in [0.717, 1.165) is 13.1 Å². The minimum atomic E-state index is 0.221. The first-order chi connectivity index (χ1) is 6.06. The quantitative estimate of drug-likeness (QED) is 0.684. The molecular formula is C10H21N2S. The summed E-state index contributed by atoms with van der Waals surface area (Å²) in [6.45, 7) is 8.16. The van der Waals surface area contributed by atoms with Gasteiger partial charge >= 0.3 is 0 Å². The Kier molecular flexibility index (Phi) is 4.07. The molecule has 0 atom stereocenters. The van der Waals surface area contributed by atoms with Gasteiger partial charge in [-0.1, -0.05) is 0 Å². The van der Waals surface area contributed by atoms with Gasteiger partial charge in [0.05, 0.1) is 0 Å². The number of likely N-dealkylation sites (tertiary alicyclic amines) is 1. The van der Waals surface area contributed by atoms with Gasteiger partial charge in [0.1, 0.15) is 0 Å². The van der Waals surface area contributed by atoms with E-state index in [1.54, 1.807) is 0 Å². The molecule has 1 aliphatic heterocycles. The van der Waals surface area contributed by atoms with Crippen molar-refractivity contribution in [3.8, 4) is 0 Å². The van der Waals surface area contributed by atoms with Crippen molar-refractivity contribution in [3.63, 3.8) is 0 Å². The van der Waals surface area contributed by atoms with E-state index in [1.165, 1.54) is 25.9 Å². The molecule has 0 amide bonds. The third-order valence-electron chi connectivity index (χ3n) is 2.86. The van der Waals surface area contributed by atoms with Crippen LogP contribution in [-0.4, -0.2) is 54.8 Å². The molecule has 1 fully saturated rings. The van der Waals surface area contributed by atoms with Crippen LogP contribution in [0.15, 0.2) is 0 Å². The average molecular weight is 201 g/mol.